The number of hydrogen-bond acceptors (Lipinski definition) is 15. The van der Waals surface area contributed by atoms with E-state index in [9.17, 15) is 43.2 Å². The van der Waals surface area contributed by atoms with Gasteiger partial charge in [-0.25, -0.2) is 9.13 Å². The Labute approximate surface area is 441 Å². The molecule has 2 unspecified atom stereocenters. The molecule has 0 spiro atoms. The van der Waals surface area contributed by atoms with E-state index < -0.39 is 97.5 Å². The average molecular weight is 1090 g/mol. The topological polar surface area (TPSA) is 237 Å². The van der Waals surface area contributed by atoms with Crippen LogP contribution in [0.2, 0.25) is 0 Å². The minimum Gasteiger partial charge on any atom is -0.462 e. The Morgan fingerprint density at radius 3 is 0.808 bits per heavy atom. The molecule has 0 radical (unpaired) electrons. The molecule has 73 heavy (non-hydrogen) atoms. The molecule has 0 aromatic rings. The maximum atomic E-state index is 12.8. The van der Waals surface area contributed by atoms with Crippen LogP contribution in [0.5, 0.6) is 0 Å². The lowest BCUT2D eigenvalue weighted by Gasteiger charge is -2.21. The lowest BCUT2D eigenvalue weighted by atomic mass is 10.0. The molecule has 0 aromatic carbocycles. The second-order valence-corrected chi connectivity index (χ2v) is 22.5. The first-order valence-corrected chi connectivity index (χ1v) is 31.8. The summed E-state index contributed by atoms with van der Waals surface area (Å²) in [5.74, 6) is -2.17. The normalized spacial score (nSPS) is 14.5. The number of hydrogen-bond donors (Lipinski definition) is 3. The van der Waals surface area contributed by atoms with Crippen molar-refractivity contribution in [3.8, 4) is 0 Å². The standard InChI is InChI=1S/C54H104O17P2/c1-5-9-13-17-20-21-22-23-24-25-26-27-29-33-37-41-54(59)71-50(45-65-52(57)39-35-32-28-18-14-10-6-2)47-69-73(62,63)67-43-48(55)42-66-72(60,61)68-46-49(44-64-51(56)38-34-30-16-12-8-4)70-53(58)40-36-31-19-15-11-7-3/h48-50,55H,5-47H2,1-4H3,(H,60,61)(H,62,63)/t48-,49+,50+/m0/s1. The number of esters is 4. The Morgan fingerprint density at radius 2 is 0.548 bits per heavy atom. The predicted molar refractivity (Wildman–Crippen MR) is 285 cm³/mol. The van der Waals surface area contributed by atoms with E-state index >= 15 is 0 Å². The van der Waals surface area contributed by atoms with Crippen LogP contribution in [0.15, 0.2) is 0 Å². The first-order valence-electron chi connectivity index (χ1n) is 28.8. The van der Waals surface area contributed by atoms with Crippen molar-refractivity contribution >= 4 is 39.5 Å². The van der Waals surface area contributed by atoms with E-state index in [1.165, 1.54) is 70.6 Å². The number of aliphatic hydroxyl groups is 1. The fourth-order valence-corrected chi connectivity index (χ4v) is 9.44. The van der Waals surface area contributed by atoms with Crippen molar-refractivity contribution in [3.05, 3.63) is 0 Å². The first-order chi connectivity index (χ1) is 35.2. The molecule has 0 heterocycles. The zero-order chi connectivity index (χ0) is 54.1. The molecule has 0 fully saturated rings. The summed E-state index contributed by atoms with van der Waals surface area (Å²) < 4.78 is 67.1. The van der Waals surface area contributed by atoms with Crippen LogP contribution in [0.4, 0.5) is 0 Å². The minimum absolute atomic E-state index is 0.101. The molecule has 0 aliphatic heterocycles. The summed E-state index contributed by atoms with van der Waals surface area (Å²) in [4.78, 5) is 71.2. The molecule has 5 atom stereocenters. The summed E-state index contributed by atoms with van der Waals surface area (Å²) in [6.45, 7) is 4.63. The molecule has 0 aliphatic rings. The van der Waals surface area contributed by atoms with Crippen molar-refractivity contribution in [2.75, 3.05) is 39.6 Å². The minimum atomic E-state index is -4.93. The van der Waals surface area contributed by atoms with Gasteiger partial charge < -0.3 is 33.8 Å². The maximum absolute atomic E-state index is 12.8. The van der Waals surface area contributed by atoms with Crippen molar-refractivity contribution < 1.29 is 80.2 Å². The summed E-state index contributed by atoms with van der Waals surface area (Å²) in [6.07, 6.45) is 31.4. The van der Waals surface area contributed by atoms with E-state index in [1.807, 2.05) is 0 Å². The molecule has 432 valence electrons. The van der Waals surface area contributed by atoms with Crippen LogP contribution in [0.25, 0.3) is 0 Å². The van der Waals surface area contributed by atoms with Crippen LogP contribution in [0.3, 0.4) is 0 Å². The van der Waals surface area contributed by atoms with E-state index in [1.54, 1.807) is 0 Å². The number of ether oxygens (including phenoxy) is 4. The molecule has 17 nitrogen and oxygen atoms in total. The number of phosphoric ester groups is 2. The highest BCUT2D eigenvalue weighted by Gasteiger charge is 2.30. The Hall–Kier alpha value is -1.94. The Bertz CT molecular complexity index is 1440. The van der Waals surface area contributed by atoms with Gasteiger partial charge in [-0.05, 0) is 25.7 Å². The van der Waals surface area contributed by atoms with Gasteiger partial charge in [0.15, 0.2) is 12.2 Å². The summed E-state index contributed by atoms with van der Waals surface area (Å²) >= 11 is 0. The molecular formula is C54H104O17P2. The quantitative estimate of drug-likeness (QED) is 0.0222. The monoisotopic (exact) mass is 1090 g/mol. The molecule has 0 amide bonds. The van der Waals surface area contributed by atoms with Gasteiger partial charge in [-0.15, -0.1) is 0 Å². The number of unbranched alkanes of at least 4 members (excludes halogenated alkanes) is 29. The number of phosphoric acid groups is 2. The molecule has 0 bridgehead atoms. The van der Waals surface area contributed by atoms with Gasteiger partial charge >= 0.3 is 39.5 Å². The zero-order valence-electron chi connectivity index (χ0n) is 46.1. The van der Waals surface area contributed by atoms with Crippen LogP contribution in [0, 0.1) is 0 Å². The van der Waals surface area contributed by atoms with E-state index in [2.05, 4.69) is 27.7 Å². The summed E-state index contributed by atoms with van der Waals surface area (Å²) in [6, 6.07) is 0. The van der Waals surface area contributed by atoms with Gasteiger partial charge in [-0.1, -0.05) is 214 Å². The number of carbonyl (C=O) groups excluding carboxylic acids is 4. The van der Waals surface area contributed by atoms with Gasteiger partial charge in [0, 0.05) is 25.7 Å². The Balaban J connectivity index is 5.09. The third kappa shape index (κ3) is 49.4. The molecular weight excluding hydrogens is 983 g/mol. The van der Waals surface area contributed by atoms with Crippen LogP contribution in [-0.4, -0.2) is 96.7 Å². The number of carbonyl (C=O) groups is 4. The van der Waals surface area contributed by atoms with Crippen molar-refractivity contribution in [2.24, 2.45) is 0 Å². The largest absolute Gasteiger partial charge is 0.472 e. The van der Waals surface area contributed by atoms with Gasteiger partial charge in [0.2, 0.25) is 0 Å². The SMILES string of the molecule is CCCCCCCCCCCCCCCCCC(=O)O[C@H](COC(=O)CCCCCCCCC)COP(=O)(O)OC[C@@H](O)COP(=O)(O)OC[C@@H](COC(=O)CCCCCCC)OC(=O)CCCCCCCC. The summed E-state index contributed by atoms with van der Waals surface area (Å²) in [7, 11) is -9.84. The molecule has 0 aromatic heterocycles. The second kappa shape index (κ2) is 49.6. The lowest BCUT2D eigenvalue weighted by Crippen LogP contribution is -2.30. The lowest BCUT2D eigenvalue weighted by molar-refractivity contribution is -0.161. The smallest absolute Gasteiger partial charge is 0.462 e. The van der Waals surface area contributed by atoms with E-state index in [4.69, 9.17) is 37.0 Å². The van der Waals surface area contributed by atoms with Crippen LogP contribution >= 0.6 is 15.6 Å². The van der Waals surface area contributed by atoms with Gasteiger partial charge in [0.05, 0.1) is 26.4 Å². The molecule has 0 saturated heterocycles. The van der Waals surface area contributed by atoms with Crippen LogP contribution in [0.1, 0.15) is 265 Å². The van der Waals surface area contributed by atoms with Gasteiger partial charge in [0.1, 0.15) is 19.3 Å². The summed E-state index contributed by atoms with van der Waals surface area (Å²) in [5.41, 5.74) is 0. The highest BCUT2D eigenvalue weighted by atomic mass is 31.2. The fraction of sp³-hybridized carbons (Fsp3) is 0.926. The van der Waals surface area contributed by atoms with Gasteiger partial charge in [-0.3, -0.25) is 37.3 Å². The second-order valence-electron chi connectivity index (χ2n) is 19.6. The zero-order valence-corrected chi connectivity index (χ0v) is 47.9. The third-order valence-electron chi connectivity index (χ3n) is 12.4. The van der Waals surface area contributed by atoms with Crippen molar-refractivity contribution in [3.63, 3.8) is 0 Å². The van der Waals surface area contributed by atoms with E-state index in [-0.39, 0.29) is 25.7 Å². The summed E-state index contributed by atoms with van der Waals surface area (Å²) in [5, 5.41) is 10.4. The average Bonchev–Trinajstić information content (AvgIpc) is 3.36. The predicted octanol–water partition coefficient (Wildman–Crippen LogP) is 14.0. The fourth-order valence-electron chi connectivity index (χ4n) is 7.87. The highest BCUT2D eigenvalue weighted by molar-refractivity contribution is 7.47. The maximum Gasteiger partial charge on any atom is 0.472 e. The Kier molecular flexibility index (Phi) is 48.3. The third-order valence-corrected chi connectivity index (χ3v) is 14.3. The highest BCUT2D eigenvalue weighted by Crippen LogP contribution is 2.45. The number of rotatable bonds is 55. The van der Waals surface area contributed by atoms with E-state index in [0.29, 0.717) is 25.7 Å². The molecule has 0 rings (SSSR count). The Morgan fingerprint density at radius 1 is 0.329 bits per heavy atom. The number of aliphatic hydroxyl groups excluding tert-OH is 1. The molecule has 3 N–H and O–H groups in total. The van der Waals surface area contributed by atoms with Crippen molar-refractivity contribution in [1.29, 1.82) is 0 Å². The molecule has 0 saturated carbocycles. The van der Waals surface area contributed by atoms with E-state index in [0.717, 1.165) is 116 Å². The van der Waals surface area contributed by atoms with Gasteiger partial charge in [0.25, 0.3) is 0 Å². The van der Waals surface area contributed by atoms with Crippen LogP contribution < -0.4 is 0 Å². The molecule has 19 heteroatoms. The van der Waals surface area contributed by atoms with Crippen molar-refractivity contribution in [1.82, 2.24) is 0 Å². The first kappa shape index (κ1) is 71.1. The van der Waals surface area contributed by atoms with Crippen LogP contribution in [-0.2, 0) is 65.4 Å². The van der Waals surface area contributed by atoms with Gasteiger partial charge in [-0.2, -0.15) is 0 Å². The molecule has 0 aliphatic carbocycles. The van der Waals surface area contributed by atoms with Crippen molar-refractivity contribution in [2.45, 2.75) is 284 Å².